The molecule has 0 saturated carbocycles. The average molecular weight is 194 g/mol. The minimum Gasteiger partial charge on any atom is -0.474 e. The summed E-state index contributed by atoms with van der Waals surface area (Å²) in [4.78, 5) is 8.52. The van der Waals surface area contributed by atoms with E-state index in [0.29, 0.717) is 5.88 Å². The summed E-state index contributed by atoms with van der Waals surface area (Å²) in [6.45, 7) is 10.3. The molecule has 0 atom stereocenters. The van der Waals surface area contributed by atoms with Crippen LogP contribution in [0.1, 0.15) is 40.3 Å². The predicted octanol–water partition coefficient (Wildman–Crippen LogP) is 2.56. The van der Waals surface area contributed by atoms with Gasteiger partial charge in [-0.1, -0.05) is 20.8 Å². The lowest BCUT2D eigenvalue weighted by Crippen LogP contribution is -2.14. The summed E-state index contributed by atoms with van der Waals surface area (Å²) in [5.74, 6) is 0.591. The molecule has 0 spiro atoms. The Morgan fingerprint density at radius 1 is 1.14 bits per heavy atom. The van der Waals surface area contributed by atoms with Crippen molar-refractivity contribution in [3.8, 4) is 5.88 Å². The van der Waals surface area contributed by atoms with Crippen LogP contribution in [-0.4, -0.2) is 16.1 Å². The second kappa shape index (κ2) is 3.95. The van der Waals surface area contributed by atoms with Gasteiger partial charge < -0.3 is 4.74 Å². The standard InChI is InChI=1S/C11H18N2O/c1-8(2)14-10-7-12-9(6-13-10)11(3,4)5/h6-8H,1-5H3. The van der Waals surface area contributed by atoms with Crippen molar-refractivity contribution in [2.45, 2.75) is 46.1 Å². The highest BCUT2D eigenvalue weighted by Gasteiger charge is 2.15. The first kappa shape index (κ1) is 11.0. The first-order valence-electron chi connectivity index (χ1n) is 4.89. The fraction of sp³-hybridized carbons (Fsp3) is 0.636. The van der Waals surface area contributed by atoms with Gasteiger partial charge in [0.05, 0.1) is 24.2 Å². The summed E-state index contributed by atoms with van der Waals surface area (Å²) in [6, 6.07) is 0. The van der Waals surface area contributed by atoms with Crippen LogP contribution in [0.4, 0.5) is 0 Å². The molecule has 0 bridgehead atoms. The van der Waals surface area contributed by atoms with E-state index in [-0.39, 0.29) is 11.5 Å². The molecule has 0 amide bonds. The molecule has 78 valence electrons. The minimum atomic E-state index is 0.0450. The van der Waals surface area contributed by atoms with Crippen molar-refractivity contribution in [1.82, 2.24) is 9.97 Å². The maximum absolute atomic E-state index is 5.41. The van der Waals surface area contributed by atoms with Gasteiger partial charge in [0.1, 0.15) is 0 Å². The van der Waals surface area contributed by atoms with Crippen LogP contribution in [0.5, 0.6) is 5.88 Å². The molecule has 0 unspecified atom stereocenters. The predicted molar refractivity (Wildman–Crippen MR) is 56.5 cm³/mol. The Morgan fingerprint density at radius 2 is 1.79 bits per heavy atom. The van der Waals surface area contributed by atoms with Crippen LogP contribution in [0.25, 0.3) is 0 Å². The first-order chi connectivity index (χ1) is 6.39. The van der Waals surface area contributed by atoms with Crippen molar-refractivity contribution < 1.29 is 4.74 Å². The van der Waals surface area contributed by atoms with E-state index in [4.69, 9.17) is 4.74 Å². The van der Waals surface area contributed by atoms with Gasteiger partial charge in [-0.05, 0) is 13.8 Å². The minimum absolute atomic E-state index is 0.0450. The van der Waals surface area contributed by atoms with Crippen LogP contribution in [0, 0.1) is 0 Å². The van der Waals surface area contributed by atoms with E-state index >= 15 is 0 Å². The van der Waals surface area contributed by atoms with Gasteiger partial charge in [0.15, 0.2) is 0 Å². The van der Waals surface area contributed by atoms with Gasteiger partial charge in [-0.2, -0.15) is 0 Å². The summed E-state index contributed by atoms with van der Waals surface area (Å²) >= 11 is 0. The molecule has 0 aliphatic carbocycles. The van der Waals surface area contributed by atoms with Crippen LogP contribution < -0.4 is 4.74 Å². The van der Waals surface area contributed by atoms with Crippen LogP contribution in [0.2, 0.25) is 0 Å². The SMILES string of the molecule is CC(C)Oc1cnc(C(C)(C)C)cn1. The van der Waals surface area contributed by atoms with Gasteiger partial charge in [0.25, 0.3) is 0 Å². The van der Waals surface area contributed by atoms with Crippen LogP contribution in [0.15, 0.2) is 12.4 Å². The van der Waals surface area contributed by atoms with Gasteiger partial charge >= 0.3 is 0 Å². The number of hydrogen-bond acceptors (Lipinski definition) is 3. The fourth-order valence-electron chi connectivity index (χ4n) is 1.01. The highest BCUT2D eigenvalue weighted by Crippen LogP contribution is 2.19. The molecule has 1 rings (SSSR count). The van der Waals surface area contributed by atoms with Crippen molar-refractivity contribution in [3.63, 3.8) is 0 Å². The molecule has 1 heterocycles. The highest BCUT2D eigenvalue weighted by molar-refractivity contribution is 5.13. The van der Waals surface area contributed by atoms with Gasteiger partial charge in [0, 0.05) is 5.41 Å². The maximum Gasteiger partial charge on any atom is 0.232 e. The first-order valence-corrected chi connectivity index (χ1v) is 4.89. The molecule has 0 N–H and O–H groups in total. The molecule has 1 aromatic rings. The van der Waals surface area contributed by atoms with Crippen LogP contribution in [0.3, 0.4) is 0 Å². The van der Waals surface area contributed by atoms with Crippen molar-refractivity contribution in [2.24, 2.45) is 0 Å². The molecule has 1 aromatic heterocycles. The van der Waals surface area contributed by atoms with Gasteiger partial charge in [-0.25, -0.2) is 4.98 Å². The molecular formula is C11H18N2O. The summed E-state index contributed by atoms with van der Waals surface area (Å²) < 4.78 is 5.41. The number of ether oxygens (including phenoxy) is 1. The Balaban J connectivity index is 2.79. The van der Waals surface area contributed by atoms with Gasteiger partial charge in [-0.15, -0.1) is 0 Å². The Labute approximate surface area is 85.5 Å². The van der Waals surface area contributed by atoms with Crippen molar-refractivity contribution >= 4 is 0 Å². The second-order valence-corrected chi connectivity index (χ2v) is 4.66. The lowest BCUT2D eigenvalue weighted by Gasteiger charge is -2.17. The van der Waals surface area contributed by atoms with Crippen molar-refractivity contribution in [1.29, 1.82) is 0 Å². The second-order valence-electron chi connectivity index (χ2n) is 4.66. The normalized spacial score (nSPS) is 11.9. The smallest absolute Gasteiger partial charge is 0.232 e. The van der Waals surface area contributed by atoms with Crippen molar-refractivity contribution in [3.05, 3.63) is 18.1 Å². The third-order valence-corrected chi connectivity index (χ3v) is 1.75. The maximum atomic E-state index is 5.41. The third-order valence-electron chi connectivity index (χ3n) is 1.75. The summed E-state index contributed by atoms with van der Waals surface area (Å²) in [5.41, 5.74) is 1.03. The molecule has 14 heavy (non-hydrogen) atoms. The number of rotatable bonds is 2. The number of nitrogens with zero attached hydrogens (tertiary/aromatic N) is 2. The molecule has 0 radical (unpaired) electrons. The quantitative estimate of drug-likeness (QED) is 0.725. The van der Waals surface area contributed by atoms with E-state index in [1.807, 2.05) is 13.8 Å². The highest BCUT2D eigenvalue weighted by atomic mass is 16.5. The Bertz CT molecular complexity index is 285. The molecule has 3 heteroatoms. The number of hydrogen-bond donors (Lipinski definition) is 0. The zero-order valence-electron chi connectivity index (χ0n) is 9.53. The van der Waals surface area contributed by atoms with E-state index in [1.165, 1.54) is 0 Å². The summed E-state index contributed by atoms with van der Waals surface area (Å²) in [6.07, 6.45) is 3.60. The number of aromatic nitrogens is 2. The van der Waals surface area contributed by atoms with E-state index in [2.05, 4.69) is 30.7 Å². The van der Waals surface area contributed by atoms with E-state index < -0.39 is 0 Å². The lowest BCUT2D eigenvalue weighted by atomic mass is 9.93. The van der Waals surface area contributed by atoms with Gasteiger partial charge in [0.2, 0.25) is 5.88 Å². The molecular weight excluding hydrogens is 176 g/mol. The van der Waals surface area contributed by atoms with Crippen molar-refractivity contribution in [2.75, 3.05) is 0 Å². The van der Waals surface area contributed by atoms with Crippen LogP contribution in [-0.2, 0) is 5.41 Å². The van der Waals surface area contributed by atoms with Gasteiger partial charge in [-0.3, -0.25) is 4.98 Å². The van der Waals surface area contributed by atoms with E-state index in [1.54, 1.807) is 12.4 Å². The molecule has 0 aliphatic heterocycles. The zero-order valence-corrected chi connectivity index (χ0v) is 9.53. The molecule has 3 nitrogen and oxygen atoms in total. The zero-order chi connectivity index (χ0) is 10.8. The molecule has 0 aliphatic rings. The topological polar surface area (TPSA) is 35.0 Å². The summed E-state index contributed by atoms with van der Waals surface area (Å²) in [5, 5.41) is 0. The van der Waals surface area contributed by atoms with E-state index in [9.17, 15) is 0 Å². The van der Waals surface area contributed by atoms with Crippen LogP contribution >= 0.6 is 0 Å². The Kier molecular flexibility index (Phi) is 3.09. The third kappa shape index (κ3) is 2.98. The Morgan fingerprint density at radius 3 is 2.14 bits per heavy atom. The average Bonchev–Trinajstić information content (AvgIpc) is 2.02. The fourth-order valence-corrected chi connectivity index (χ4v) is 1.01. The Hall–Kier alpha value is -1.12. The van der Waals surface area contributed by atoms with E-state index in [0.717, 1.165) is 5.69 Å². The molecule has 0 saturated heterocycles. The lowest BCUT2D eigenvalue weighted by molar-refractivity contribution is 0.231. The monoisotopic (exact) mass is 194 g/mol. The molecule has 0 aromatic carbocycles. The summed E-state index contributed by atoms with van der Waals surface area (Å²) in [7, 11) is 0. The molecule has 0 fully saturated rings. The largest absolute Gasteiger partial charge is 0.474 e.